The third-order valence-corrected chi connectivity index (χ3v) is 4.43. The van der Waals surface area contributed by atoms with Crippen LogP contribution in [-0.2, 0) is 9.53 Å². The van der Waals surface area contributed by atoms with Gasteiger partial charge in [-0.15, -0.1) is 0 Å². The lowest BCUT2D eigenvalue weighted by Crippen LogP contribution is -2.14. The zero-order valence-electron chi connectivity index (χ0n) is 14.6. The van der Waals surface area contributed by atoms with Gasteiger partial charge >= 0.3 is 6.09 Å². The van der Waals surface area contributed by atoms with Crippen LogP contribution in [-0.4, -0.2) is 28.6 Å². The number of nitrogens with zero attached hydrogens (tertiary/aromatic N) is 1. The fraction of sp³-hybridized carbons (Fsp3) is 0.500. The van der Waals surface area contributed by atoms with Gasteiger partial charge < -0.3 is 15.0 Å². The average molecular weight is 344 g/mol. The summed E-state index contributed by atoms with van der Waals surface area (Å²) < 4.78 is 4.92. The van der Waals surface area contributed by atoms with E-state index in [4.69, 9.17) is 9.72 Å². The van der Waals surface area contributed by atoms with Crippen LogP contribution in [0, 0.1) is 0 Å². The van der Waals surface area contributed by atoms with Crippen molar-refractivity contribution in [2.24, 2.45) is 0 Å². The van der Waals surface area contributed by atoms with Crippen LogP contribution in [0.25, 0.3) is 11.0 Å². The Kier molecular flexibility index (Phi) is 5.21. The standard InChI is InChI=1S/C18H24N4O3/c1-3-25-18(24)20-13-9-14(19-11(2)23)16-15(10-13)21-17(22-16)12-7-5-4-6-8-12/h9-10,12H,3-8H2,1-2H3,(H,19,23)(H,20,24)(H,21,22). The molecule has 0 saturated heterocycles. The lowest BCUT2D eigenvalue weighted by atomic mass is 9.89. The first-order valence-corrected chi connectivity index (χ1v) is 8.82. The lowest BCUT2D eigenvalue weighted by molar-refractivity contribution is -0.114. The molecule has 25 heavy (non-hydrogen) atoms. The topological polar surface area (TPSA) is 96.1 Å². The van der Waals surface area contributed by atoms with Gasteiger partial charge in [0.15, 0.2) is 0 Å². The van der Waals surface area contributed by atoms with Crippen molar-refractivity contribution in [1.29, 1.82) is 0 Å². The summed E-state index contributed by atoms with van der Waals surface area (Å²) in [5.41, 5.74) is 2.63. The van der Waals surface area contributed by atoms with Gasteiger partial charge in [-0.05, 0) is 31.9 Å². The number of rotatable bonds is 4. The highest BCUT2D eigenvalue weighted by atomic mass is 16.5. The number of hydrogen-bond donors (Lipinski definition) is 3. The molecule has 7 heteroatoms. The maximum Gasteiger partial charge on any atom is 0.411 e. The second kappa shape index (κ2) is 7.55. The van der Waals surface area contributed by atoms with E-state index in [1.807, 2.05) is 6.07 Å². The Morgan fingerprint density at radius 3 is 2.68 bits per heavy atom. The van der Waals surface area contributed by atoms with Gasteiger partial charge in [-0.2, -0.15) is 0 Å². The Morgan fingerprint density at radius 1 is 1.24 bits per heavy atom. The van der Waals surface area contributed by atoms with Crippen molar-refractivity contribution in [2.75, 3.05) is 17.2 Å². The molecule has 0 spiro atoms. The molecular formula is C18H24N4O3. The van der Waals surface area contributed by atoms with Crippen LogP contribution in [0.2, 0.25) is 0 Å². The van der Waals surface area contributed by atoms with Gasteiger partial charge in [0.05, 0.1) is 17.8 Å². The van der Waals surface area contributed by atoms with E-state index >= 15 is 0 Å². The molecule has 2 amide bonds. The van der Waals surface area contributed by atoms with Crippen LogP contribution in [0.1, 0.15) is 57.7 Å². The third-order valence-electron chi connectivity index (χ3n) is 4.43. The van der Waals surface area contributed by atoms with Crippen LogP contribution in [0.3, 0.4) is 0 Å². The van der Waals surface area contributed by atoms with Crippen LogP contribution in [0.4, 0.5) is 16.2 Å². The van der Waals surface area contributed by atoms with Crippen LogP contribution in [0.5, 0.6) is 0 Å². The molecule has 0 atom stereocenters. The number of anilines is 2. The third kappa shape index (κ3) is 4.10. The number of fused-ring (bicyclic) bond motifs is 1. The smallest absolute Gasteiger partial charge is 0.411 e. The fourth-order valence-corrected chi connectivity index (χ4v) is 3.35. The van der Waals surface area contributed by atoms with E-state index in [9.17, 15) is 9.59 Å². The highest BCUT2D eigenvalue weighted by Crippen LogP contribution is 2.34. The number of benzene rings is 1. The zero-order valence-corrected chi connectivity index (χ0v) is 14.6. The van der Waals surface area contributed by atoms with Crippen molar-refractivity contribution in [3.63, 3.8) is 0 Å². The molecule has 3 rings (SSSR count). The molecule has 3 N–H and O–H groups in total. The Balaban J connectivity index is 1.96. The maximum absolute atomic E-state index is 11.7. The molecule has 1 heterocycles. The van der Waals surface area contributed by atoms with Gasteiger partial charge in [0.2, 0.25) is 5.91 Å². The van der Waals surface area contributed by atoms with Crippen molar-refractivity contribution < 1.29 is 14.3 Å². The number of H-pyrrole nitrogens is 1. The van der Waals surface area contributed by atoms with Gasteiger partial charge in [0.1, 0.15) is 11.3 Å². The van der Waals surface area contributed by atoms with Gasteiger partial charge in [0, 0.05) is 18.5 Å². The molecule has 1 aliphatic rings. The summed E-state index contributed by atoms with van der Waals surface area (Å²) >= 11 is 0. The number of aromatic amines is 1. The van der Waals surface area contributed by atoms with Gasteiger partial charge in [-0.25, -0.2) is 9.78 Å². The summed E-state index contributed by atoms with van der Waals surface area (Å²) in [6.45, 7) is 3.49. The number of ether oxygens (including phenoxy) is 1. The largest absolute Gasteiger partial charge is 0.450 e. The van der Waals surface area contributed by atoms with Crippen LogP contribution < -0.4 is 10.6 Å². The molecule has 1 aliphatic carbocycles. The first kappa shape index (κ1) is 17.3. The van der Waals surface area contributed by atoms with Gasteiger partial charge in [0.25, 0.3) is 0 Å². The molecular weight excluding hydrogens is 320 g/mol. The molecule has 1 aromatic carbocycles. The highest BCUT2D eigenvalue weighted by molar-refractivity contribution is 6.01. The highest BCUT2D eigenvalue weighted by Gasteiger charge is 2.20. The Bertz CT molecular complexity index is 778. The van der Waals surface area contributed by atoms with Crippen LogP contribution >= 0.6 is 0 Å². The first-order chi connectivity index (χ1) is 12.1. The minimum atomic E-state index is -0.525. The number of amides is 2. The molecule has 0 radical (unpaired) electrons. The summed E-state index contributed by atoms with van der Waals surface area (Å²) in [6.07, 6.45) is 5.45. The predicted octanol–water partition coefficient (Wildman–Crippen LogP) is 4.14. The summed E-state index contributed by atoms with van der Waals surface area (Å²) in [5, 5.41) is 5.47. The average Bonchev–Trinajstić information content (AvgIpc) is 3.00. The maximum atomic E-state index is 11.7. The summed E-state index contributed by atoms with van der Waals surface area (Å²) in [7, 11) is 0. The lowest BCUT2D eigenvalue weighted by Gasteiger charge is -2.19. The number of carbonyl (C=O) groups excluding carboxylic acids is 2. The van der Waals surface area contributed by atoms with E-state index in [0.29, 0.717) is 29.4 Å². The molecule has 7 nitrogen and oxygen atoms in total. The molecule has 2 aromatic rings. The van der Waals surface area contributed by atoms with Crippen LogP contribution in [0.15, 0.2) is 12.1 Å². The summed E-state index contributed by atoms with van der Waals surface area (Å²) in [6, 6.07) is 3.52. The van der Waals surface area contributed by atoms with Crippen molar-refractivity contribution in [2.45, 2.75) is 51.9 Å². The molecule has 1 saturated carbocycles. The SMILES string of the molecule is CCOC(=O)Nc1cc(NC(C)=O)c2nc(C3CCCCC3)[nH]c2c1. The summed E-state index contributed by atoms with van der Waals surface area (Å²) in [5.74, 6) is 1.19. The number of carbonyl (C=O) groups is 2. The minimum Gasteiger partial charge on any atom is -0.450 e. The fourth-order valence-electron chi connectivity index (χ4n) is 3.35. The Labute approximate surface area is 146 Å². The molecule has 0 aliphatic heterocycles. The van der Waals surface area contributed by atoms with Crippen molar-refractivity contribution >= 4 is 34.4 Å². The van der Waals surface area contributed by atoms with E-state index in [-0.39, 0.29) is 5.91 Å². The Hall–Kier alpha value is -2.57. The van der Waals surface area contributed by atoms with E-state index < -0.39 is 6.09 Å². The number of imidazole rings is 1. The minimum absolute atomic E-state index is 0.184. The summed E-state index contributed by atoms with van der Waals surface area (Å²) in [4.78, 5) is 31.3. The van der Waals surface area contributed by atoms with Crippen molar-refractivity contribution in [3.05, 3.63) is 18.0 Å². The number of aromatic nitrogens is 2. The van der Waals surface area contributed by atoms with E-state index in [2.05, 4.69) is 15.6 Å². The van der Waals surface area contributed by atoms with Crippen molar-refractivity contribution in [3.8, 4) is 0 Å². The van der Waals surface area contributed by atoms with E-state index in [1.165, 1.54) is 26.2 Å². The van der Waals surface area contributed by atoms with Gasteiger partial charge in [-0.1, -0.05) is 19.3 Å². The van der Waals surface area contributed by atoms with E-state index in [1.54, 1.807) is 13.0 Å². The monoisotopic (exact) mass is 344 g/mol. The first-order valence-electron chi connectivity index (χ1n) is 8.82. The van der Waals surface area contributed by atoms with E-state index in [0.717, 1.165) is 24.2 Å². The molecule has 0 bridgehead atoms. The molecule has 1 aromatic heterocycles. The zero-order chi connectivity index (χ0) is 17.8. The molecule has 1 fully saturated rings. The second-order valence-electron chi connectivity index (χ2n) is 6.40. The quantitative estimate of drug-likeness (QED) is 0.776. The molecule has 134 valence electrons. The number of hydrogen-bond acceptors (Lipinski definition) is 4. The van der Waals surface area contributed by atoms with Gasteiger partial charge in [-0.3, -0.25) is 10.1 Å². The van der Waals surface area contributed by atoms with Crippen molar-refractivity contribution in [1.82, 2.24) is 9.97 Å². The molecule has 0 unspecified atom stereocenters. The normalized spacial score (nSPS) is 15.1. The second-order valence-corrected chi connectivity index (χ2v) is 6.40. The number of nitrogens with one attached hydrogen (secondary N) is 3. The Morgan fingerprint density at radius 2 is 2.00 bits per heavy atom. The predicted molar refractivity (Wildman–Crippen MR) is 96.9 cm³/mol.